The Morgan fingerprint density at radius 1 is 1.20 bits per heavy atom. The first-order valence-corrected chi connectivity index (χ1v) is 5.53. The number of fused-ring (bicyclic) bond motifs is 1. The Kier molecular flexibility index (Phi) is 4.36. The summed E-state index contributed by atoms with van der Waals surface area (Å²) in [7, 11) is 2.22. The average molecular weight is 219 g/mol. The van der Waals surface area contributed by atoms with Gasteiger partial charge >= 0.3 is 0 Å². The Bertz CT molecular complexity index is 194. The van der Waals surface area contributed by atoms with Gasteiger partial charge in [-0.05, 0) is 45.1 Å². The predicted molar refractivity (Wildman–Crippen MR) is 66.0 cm³/mol. The van der Waals surface area contributed by atoms with E-state index in [1.165, 1.54) is 13.1 Å². The summed E-state index contributed by atoms with van der Waals surface area (Å²) >= 11 is 0. The first-order chi connectivity index (χ1) is 6.12. The number of nitrogens with zero attached hydrogens (tertiary/aromatic N) is 1. The Morgan fingerprint density at radius 3 is 1.67 bits per heavy atom. The third-order valence-electron chi connectivity index (χ3n) is 3.30. The van der Waals surface area contributed by atoms with Crippen molar-refractivity contribution in [3.05, 3.63) is 0 Å². The molecule has 2 atom stereocenters. The van der Waals surface area contributed by atoms with Crippen molar-refractivity contribution in [3.63, 3.8) is 0 Å². The standard InChI is InChI=1S/C8H15N.C4H10O.H2O.H2/c1-8(2)6-4-9(3)5-7(6)8;1-4(2,3)5;;/h6-7H,4-5H2,1-3H3;5H,1-3H3;1H2;1H. The number of hydrogen-bond acceptors (Lipinski definition) is 2. The molecular formula is C12H29NO2. The summed E-state index contributed by atoms with van der Waals surface area (Å²) in [5.74, 6) is 2.06. The highest BCUT2D eigenvalue weighted by Crippen LogP contribution is 2.61. The Balaban J connectivity index is 0. The van der Waals surface area contributed by atoms with Crippen molar-refractivity contribution in [1.82, 2.24) is 4.90 Å². The zero-order valence-electron chi connectivity index (χ0n) is 11.0. The van der Waals surface area contributed by atoms with Crippen LogP contribution in [0.25, 0.3) is 0 Å². The van der Waals surface area contributed by atoms with Crippen LogP contribution in [0, 0.1) is 17.3 Å². The zero-order valence-corrected chi connectivity index (χ0v) is 11.0. The zero-order chi connectivity index (χ0) is 11.1. The molecule has 1 saturated carbocycles. The molecule has 2 fully saturated rings. The highest BCUT2D eigenvalue weighted by atomic mass is 16.3. The van der Waals surface area contributed by atoms with Gasteiger partial charge in [0.05, 0.1) is 5.60 Å². The molecule has 15 heavy (non-hydrogen) atoms. The van der Waals surface area contributed by atoms with E-state index in [2.05, 4.69) is 25.8 Å². The third kappa shape index (κ3) is 4.09. The van der Waals surface area contributed by atoms with Gasteiger partial charge in [0, 0.05) is 14.5 Å². The molecule has 3 nitrogen and oxygen atoms in total. The van der Waals surface area contributed by atoms with Crippen LogP contribution < -0.4 is 0 Å². The maximum Gasteiger partial charge on any atom is 0.0563 e. The molecule has 3 N–H and O–H groups in total. The summed E-state index contributed by atoms with van der Waals surface area (Å²) in [6.07, 6.45) is 0. The van der Waals surface area contributed by atoms with Gasteiger partial charge in [0.15, 0.2) is 0 Å². The van der Waals surface area contributed by atoms with Crippen molar-refractivity contribution in [2.75, 3.05) is 20.1 Å². The summed E-state index contributed by atoms with van der Waals surface area (Å²) in [6.45, 7) is 12.7. The molecule has 0 spiro atoms. The van der Waals surface area contributed by atoms with Crippen molar-refractivity contribution in [3.8, 4) is 0 Å². The van der Waals surface area contributed by atoms with Crippen LogP contribution in [0.5, 0.6) is 0 Å². The molecule has 1 saturated heterocycles. The van der Waals surface area contributed by atoms with Gasteiger partial charge in [0.1, 0.15) is 0 Å². The number of rotatable bonds is 0. The molecule has 0 aromatic heterocycles. The minimum Gasteiger partial charge on any atom is -0.412 e. The summed E-state index contributed by atoms with van der Waals surface area (Å²) in [5, 5.41) is 8.52. The molecule has 1 aliphatic carbocycles. The lowest BCUT2D eigenvalue weighted by Crippen LogP contribution is -2.21. The fourth-order valence-corrected chi connectivity index (χ4v) is 2.33. The summed E-state index contributed by atoms with van der Waals surface area (Å²) in [5.41, 5.74) is 0.201. The second-order valence-electron chi connectivity index (χ2n) is 6.43. The van der Waals surface area contributed by atoms with Crippen LogP contribution in [0.4, 0.5) is 0 Å². The molecule has 94 valence electrons. The van der Waals surface area contributed by atoms with Crippen LogP contribution in [0.3, 0.4) is 0 Å². The molecule has 0 aromatic carbocycles. The van der Waals surface area contributed by atoms with Crippen molar-refractivity contribution in [2.24, 2.45) is 17.3 Å². The fourth-order valence-electron chi connectivity index (χ4n) is 2.33. The van der Waals surface area contributed by atoms with E-state index in [4.69, 9.17) is 5.11 Å². The largest absolute Gasteiger partial charge is 0.412 e. The van der Waals surface area contributed by atoms with E-state index < -0.39 is 5.60 Å². The monoisotopic (exact) mass is 219 g/mol. The first kappa shape index (κ1) is 14.9. The quantitative estimate of drug-likeness (QED) is 0.669. The molecule has 0 amide bonds. The van der Waals surface area contributed by atoms with Crippen molar-refractivity contribution in [2.45, 2.75) is 40.2 Å². The van der Waals surface area contributed by atoms with E-state index in [1.54, 1.807) is 20.8 Å². The van der Waals surface area contributed by atoms with E-state index in [0.29, 0.717) is 5.41 Å². The van der Waals surface area contributed by atoms with Gasteiger partial charge in [-0.3, -0.25) is 0 Å². The van der Waals surface area contributed by atoms with Gasteiger partial charge < -0.3 is 15.5 Å². The van der Waals surface area contributed by atoms with E-state index in [-0.39, 0.29) is 6.90 Å². The number of piperidine rings is 1. The van der Waals surface area contributed by atoms with Crippen LogP contribution in [-0.2, 0) is 0 Å². The molecule has 0 radical (unpaired) electrons. The second-order valence-corrected chi connectivity index (χ2v) is 6.43. The van der Waals surface area contributed by atoms with E-state index >= 15 is 0 Å². The Labute approximate surface area is 95.3 Å². The fraction of sp³-hybridized carbons (Fsp3) is 1.00. The molecule has 2 unspecified atom stereocenters. The van der Waals surface area contributed by atoms with Crippen LogP contribution in [0.15, 0.2) is 0 Å². The van der Waals surface area contributed by atoms with Gasteiger partial charge in [-0.25, -0.2) is 0 Å². The van der Waals surface area contributed by atoms with Crippen LogP contribution in [-0.4, -0.2) is 41.2 Å². The molecule has 2 aliphatic rings. The van der Waals surface area contributed by atoms with Crippen LogP contribution in [0.1, 0.15) is 36.0 Å². The van der Waals surface area contributed by atoms with Gasteiger partial charge in [-0.15, -0.1) is 0 Å². The topological polar surface area (TPSA) is 55.0 Å². The summed E-state index contributed by atoms with van der Waals surface area (Å²) in [4.78, 5) is 2.45. The van der Waals surface area contributed by atoms with Gasteiger partial charge in [-0.1, -0.05) is 13.8 Å². The van der Waals surface area contributed by atoms with E-state index in [1.807, 2.05) is 0 Å². The summed E-state index contributed by atoms with van der Waals surface area (Å²) < 4.78 is 0. The predicted octanol–water partition coefficient (Wildman–Crippen LogP) is 1.40. The minimum atomic E-state index is -0.500. The van der Waals surface area contributed by atoms with E-state index in [0.717, 1.165) is 11.8 Å². The highest BCUT2D eigenvalue weighted by Gasteiger charge is 2.60. The molecule has 3 heteroatoms. The second kappa shape index (κ2) is 4.40. The van der Waals surface area contributed by atoms with Crippen molar-refractivity contribution < 1.29 is 12.0 Å². The molecule has 1 aliphatic heterocycles. The minimum absolute atomic E-state index is 0. The van der Waals surface area contributed by atoms with Crippen molar-refractivity contribution in [1.29, 1.82) is 0 Å². The number of likely N-dealkylation sites (tertiary alicyclic amines) is 1. The lowest BCUT2D eigenvalue weighted by atomic mass is 10.1. The molecule has 1 heterocycles. The number of aliphatic hydroxyl groups is 1. The van der Waals surface area contributed by atoms with Crippen LogP contribution >= 0.6 is 0 Å². The Morgan fingerprint density at radius 2 is 1.47 bits per heavy atom. The molecular weight excluding hydrogens is 190 g/mol. The van der Waals surface area contributed by atoms with Gasteiger partial charge in [-0.2, -0.15) is 0 Å². The highest BCUT2D eigenvalue weighted by molar-refractivity contribution is 5.10. The summed E-state index contributed by atoms with van der Waals surface area (Å²) in [6, 6.07) is 0. The smallest absolute Gasteiger partial charge is 0.0563 e. The normalized spacial score (nSPS) is 32.2. The first-order valence-electron chi connectivity index (χ1n) is 5.53. The van der Waals surface area contributed by atoms with Gasteiger partial charge in [0.2, 0.25) is 0 Å². The Hall–Kier alpha value is -0.120. The average Bonchev–Trinajstić information content (AvgIpc) is 2.38. The molecule has 0 aromatic rings. The maximum absolute atomic E-state index is 8.52. The van der Waals surface area contributed by atoms with Gasteiger partial charge in [0.25, 0.3) is 0 Å². The lowest BCUT2D eigenvalue weighted by molar-refractivity contribution is 0.102. The lowest BCUT2D eigenvalue weighted by Gasteiger charge is -2.15. The van der Waals surface area contributed by atoms with E-state index in [9.17, 15) is 0 Å². The number of hydrogen-bond donors (Lipinski definition) is 1. The molecule has 2 rings (SSSR count). The molecule has 0 bridgehead atoms. The maximum atomic E-state index is 8.52. The SMILES string of the molecule is CC(C)(C)O.CN1CC2C(C1)C2(C)C.O.[HH]. The van der Waals surface area contributed by atoms with Crippen molar-refractivity contribution >= 4 is 0 Å². The third-order valence-corrected chi connectivity index (χ3v) is 3.30. The van der Waals surface area contributed by atoms with Crippen LogP contribution in [0.2, 0.25) is 0 Å².